The van der Waals surface area contributed by atoms with Gasteiger partial charge in [0.1, 0.15) is 36.2 Å². The number of hydrogen-bond acceptors (Lipinski definition) is 12. The van der Waals surface area contributed by atoms with Gasteiger partial charge < -0.3 is 24.1 Å². The number of fused-ring (bicyclic) bond motifs is 2. The van der Waals surface area contributed by atoms with Gasteiger partial charge in [-0.15, -0.1) is 26.6 Å². The minimum absolute atomic E-state index is 0.00665. The van der Waals surface area contributed by atoms with E-state index in [1.807, 2.05) is 43.3 Å². The molecule has 0 spiro atoms. The van der Waals surface area contributed by atoms with Gasteiger partial charge >= 0.3 is 5.97 Å². The van der Waals surface area contributed by atoms with Crippen molar-refractivity contribution in [2.75, 3.05) is 13.2 Å². The van der Waals surface area contributed by atoms with E-state index in [1.165, 1.54) is 26.8 Å². The van der Waals surface area contributed by atoms with Crippen molar-refractivity contribution < 1.29 is 42.0 Å². The summed E-state index contributed by atoms with van der Waals surface area (Å²) in [6, 6.07) is 15.1. The smallest absolute Gasteiger partial charge is 0.376 e. The molecule has 2 saturated heterocycles. The van der Waals surface area contributed by atoms with E-state index in [2.05, 4.69) is 25.5 Å². The van der Waals surface area contributed by atoms with Crippen LogP contribution in [0.3, 0.4) is 0 Å². The second-order valence-corrected chi connectivity index (χ2v) is 13.1. The Morgan fingerprint density at radius 1 is 1.04 bits per heavy atom. The van der Waals surface area contributed by atoms with Crippen LogP contribution in [0.15, 0.2) is 66.9 Å². The second-order valence-electron chi connectivity index (χ2n) is 11.9. The van der Waals surface area contributed by atoms with Crippen molar-refractivity contribution in [3.63, 3.8) is 0 Å². The lowest BCUT2D eigenvalue weighted by Crippen LogP contribution is -2.57. The molecule has 0 saturated carbocycles. The van der Waals surface area contributed by atoms with Gasteiger partial charge in [0.05, 0.1) is 40.3 Å². The fourth-order valence-corrected chi connectivity index (χ4v) is 7.26. The number of aromatic nitrogens is 7. The first-order valence-electron chi connectivity index (χ1n) is 15.9. The maximum Gasteiger partial charge on any atom is 0.376 e. The summed E-state index contributed by atoms with van der Waals surface area (Å²) in [5, 5.41) is 29.9. The number of aliphatic hydroxyl groups excluding tert-OH is 1. The Hall–Kier alpha value is -5.07. The molecule has 0 amide bonds. The van der Waals surface area contributed by atoms with E-state index >= 15 is 0 Å². The lowest BCUT2D eigenvalue weighted by atomic mass is 9.91. The molecule has 1 N–H and O–H groups in total. The second kappa shape index (κ2) is 13.2. The standard InChI is InChI=1S/C34H28F3N7O6S/c1-3-47-33(46)32-41-40-31(44(32)19-9-10-22-25(13-19)51-16(2)38-22)30-28(45)27(29-24(49-30)15-48-34(50-29)17-7-5-4-6-8-17)43-14-23(39-42-43)18-11-20(35)26(37)21(36)12-18/h4-14,24,27-30,34,45H,3,15H2,1-2H3/t24-,27-,28-,29+,30-,34?/m1/s1. The lowest BCUT2D eigenvalue weighted by molar-refractivity contribution is -0.319. The van der Waals surface area contributed by atoms with E-state index in [1.54, 1.807) is 19.1 Å². The first-order chi connectivity index (χ1) is 24.7. The number of aliphatic hydroxyl groups is 1. The van der Waals surface area contributed by atoms with Crippen LogP contribution in [-0.2, 0) is 18.9 Å². The van der Waals surface area contributed by atoms with E-state index in [4.69, 9.17) is 18.9 Å². The number of rotatable bonds is 7. The molecular formula is C34H28F3N7O6S. The number of nitrogens with zero attached hydrogens (tertiary/aromatic N) is 7. The summed E-state index contributed by atoms with van der Waals surface area (Å²) in [7, 11) is 0. The summed E-state index contributed by atoms with van der Waals surface area (Å²) in [5.74, 6) is -5.23. The zero-order chi connectivity index (χ0) is 35.4. The van der Waals surface area contributed by atoms with Gasteiger partial charge in [0.2, 0.25) is 5.82 Å². The van der Waals surface area contributed by atoms with Crippen molar-refractivity contribution in [2.24, 2.45) is 0 Å². The highest BCUT2D eigenvalue weighted by Gasteiger charge is 2.53. The summed E-state index contributed by atoms with van der Waals surface area (Å²) in [4.78, 5) is 17.7. The number of hydrogen-bond donors (Lipinski definition) is 1. The molecule has 8 rings (SSSR count). The molecule has 2 aliphatic rings. The maximum absolute atomic E-state index is 14.2. The van der Waals surface area contributed by atoms with E-state index in [0.29, 0.717) is 5.69 Å². The summed E-state index contributed by atoms with van der Waals surface area (Å²) < 4.78 is 70.0. The molecule has 5 heterocycles. The van der Waals surface area contributed by atoms with Crippen LogP contribution in [0, 0.1) is 24.4 Å². The van der Waals surface area contributed by atoms with Crippen molar-refractivity contribution in [3.05, 3.63) is 107 Å². The molecule has 3 aromatic heterocycles. The molecule has 2 aliphatic heterocycles. The summed E-state index contributed by atoms with van der Waals surface area (Å²) in [6.07, 6.45) is -3.92. The van der Waals surface area contributed by atoms with Crippen LogP contribution < -0.4 is 0 Å². The van der Waals surface area contributed by atoms with Gasteiger partial charge in [0.15, 0.2) is 29.6 Å². The Kier molecular flexibility index (Phi) is 8.59. The predicted octanol–water partition coefficient (Wildman–Crippen LogP) is 5.19. The first kappa shape index (κ1) is 33.1. The molecule has 13 nitrogen and oxygen atoms in total. The fourth-order valence-electron chi connectivity index (χ4n) is 6.40. The van der Waals surface area contributed by atoms with Crippen molar-refractivity contribution in [3.8, 4) is 16.9 Å². The summed E-state index contributed by atoms with van der Waals surface area (Å²) >= 11 is 1.46. The summed E-state index contributed by atoms with van der Waals surface area (Å²) in [6.45, 7) is 3.65. The van der Waals surface area contributed by atoms with E-state index < -0.39 is 60.2 Å². The van der Waals surface area contributed by atoms with E-state index in [0.717, 1.165) is 32.9 Å². The topological polar surface area (TPSA) is 149 Å². The van der Waals surface area contributed by atoms with Gasteiger partial charge in [0, 0.05) is 11.1 Å². The molecule has 6 aromatic rings. The highest BCUT2D eigenvalue weighted by Crippen LogP contribution is 2.44. The lowest BCUT2D eigenvalue weighted by Gasteiger charge is -2.47. The Morgan fingerprint density at radius 2 is 1.82 bits per heavy atom. The first-order valence-corrected chi connectivity index (χ1v) is 16.7. The minimum Gasteiger partial charge on any atom is -0.460 e. The molecule has 0 radical (unpaired) electrons. The van der Waals surface area contributed by atoms with Crippen LogP contribution >= 0.6 is 11.3 Å². The molecule has 6 atom stereocenters. The van der Waals surface area contributed by atoms with Crippen LogP contribution in [0.5, 0.6) is 0 Å². The molecule has 51 heavy (non-hydrogen) atoms. The minimum atomic E-state index is -1.62. The molecule has 2 fully saturated rings. The zero-order valence-electron chi connectivity index (χ0n) is 26.9. The van der Waals surface area contributed by atoms with Crippen molar-refractivity contribution in [1.29, 1.82) is 0 Å². The van der Waals surface area contributed by atoms with Crippen LogP contribution in [0.4, 0.5) is 13.2 Å². The largest absolute Gasteiger partial charge is 0.460 e. The molecule has 17 heteroatoms. The quantitative estimate of drug-likeness (QED) is 0.172. The number of aryl methyl sites for hydroxylation is 1. The average molecular weight is 720 g/mol. The Labute approximate surface area is 291 Å². The number of esters is 1. The molecule has 0 aliphatic carbocycles. The van der Waals surface area contributed by atoms with Crippen molar-refractivity contribution in [2.45, 2.75) is 50.6 Å². The maximum atomic E-state index is 14.2. The molecule has 0 bridgehead atoms. The SMILES string of the molecule is CCOC(=O)c1nnc([C@@H]2O[C@@H]3COC(c4ccccc4)O[C@@H]3[C@H](n3cc(-c4cc(F)c(F)c(F)c4)nn3)[C@H]2O)n1-c1ccc2nc(C)sc2c1. The third-order valence-electron chi connectivity index (χ3n) is 8.68. The zero-order valence-corrected chi connectivity index (χ0v) is 27.7. The van der Waals surface area contributed by atoms with Crippen LogP contribution in [0.25, 0.3) is 27.2 Å². The number of thiazole rings is 1. The molecule has 3 aromatic carbocycles. The van der Waals surface area contributed by atoms with Crippen molar-refractivity contribution >= 4 is 27.5 Å². The Morgan fingerprint density at radius 3 is 2.59 bits per heavy atom. The fraction of sp³-hybridized carbons (Fsp3) is 0.294. The van der Waals surface area contributed by atoms with E-state index in [9.17, 15) is 23.1 Å². The highest BCUT2D eigenvalue weighted by atomic mass is 32.1. The number of carbonyl (C=O) groups is 1. The Bertz CT molecular complexity index is 2220. The normalized spacial score (nSPS) is 23.3. The number of carbonyl (C=O) groups excluding carboxylic acids is 1. The van der Waals surface area contributed by atoms with Gasteiger partial charge in [0.25, 0.3) is 0 Å². The van der Waals surface area contributed by atoms with Crippen molar-refractivity contribution in [1.82, 2.24) is 34.7 Å². The van der Waals surface area contributed by atoms with Gasteiger partial charge in [-0.3, -0.25) is 4.57 Å². The number of halogens is 3. The third-order valence-corrected chi connectivity index (χ3v) is 9.62. The summed E-state index contributed by atoms with van der Waals surface area (Å²) in [5.41, 5.74) is 1.91. The van der Waals surface area contributed by atoms with Crippen LogP contribution in [-0.4, -0.2) is 77.3 Å². The van der Waals surface area contributed by atoms with Gasteiger partial charge in [-0.2, -0.15) is 0 Å². The number of benzene rings is 3. The van der Waals surface area contributed by atoms with Gasteiger partial charge in [-0.1, -0.05) is 35.5 Å². The molecule has 1 unspecified atom stereocenters. The van der Waals surface area contributed by atoms with Crippen LogP contribution in [0.1, 0.15) is 52.4 Å². The third kappa shape index (κ3) is 5.95. The Balaban J connectivity index is 1.23. The molecule has 262 valence electrons. The number of ether oxygens (including phenoxy) is 4. The predicted molar refractivity (Wildman–Crippen MR) is 173 cm³/mol. The van der Waals surface area contributed by atoms with Gasteiger partial charge in [-0.05, 0) is 44.2 Å². The van der Waals surface area contributed by atoms with Gasteiger partial charge in [-0.25, -0.2) is 27.6 Å². The average Bonchev–Trinajstić information content (AvgIpc) is 3.88. The molecular weight excluding hydrogens is 691 g/mol. The monoisotopic (exact) mass is 719 g/mol. The van der Waals surface area contributed by atoms with Crippen LogP contribution in [0.2, 0.25) is 0 Å². The van der Waals surface area contributed by atoms with E-state index in [-0.39, 0.29) is 36.1 Å². The highest BCUT2D eigenvalue weighted by molar-refractivity contribution is 7.18.